The Hall–Kier alpha value is -1.93. The molecule has 0 radical (unpaired) electrons. The monoisotopic (exact) mass is 286 g/mol. The number of likely N-dealkylation sites (N-methyl/N-ethyl adjacent to an activating group) is 1. The Morgan fingerprint density at radius 2 is 2.15 bits per heavy atom. The molecule has 20 heavy (non-hydrogen) atoms. The molecule has 2 aromatic rings. The molecule has 2 rings (SSSR count). The number of anilines is 1. The third kappa shape index (κ3) is 2.81. The highest BCUT2D eigenvalue weighted by Crippen LogP contribution is 2.23. The molecule has 0 amide bonds. The van der Waals surface area contributed by atoms with Crippen LogP contribution in [0.1, 0.15) is 28.6 Å². The van der Waals surface area contributed by atoms with E-state index in [0.717, 1.165) is 17.7 Å². The normalized spacial score (nSPS) is 11.9. The molecule has 0 N–H and O–H groups in total. The van der Waals surface area contributed by atoms with Gasteiger partial charge in [-0.3, -0.25) is 0 Å². The van der Waals surface area contributed by atoms with Gasteiger partial charge >= 0.3 is 0 Å². The molecule has 2 heterocycles. The summed E-state index contributed by atoms with van der Waals surface area (Å²) in [6.45, 7) is 5.93. The van der Waals surface area contributed by atoms with Gasteiger partial charge < -0.3 is 4.90 Å². The summed E-state index contributed by atoms with van der Waals surface area (Å²) in [5.74, 6) is 0.666. The van der Waals surface area contributed by atoms with Crippen LogP contribution in [0.15, 0.2) is 17.5 Å². The van der Waals surface area contributed by atoms with Crippen molar-refractivity contribution >= 4 is 17.2 Å². The zero-order valence-electron chi connectivity index (χ0n) is 12.2. The van der Waals surface area contributed by atoms with E-state index in [1.165, 1.54) is 4.88 Å². The zero-order valence-corrected chi connectivity index (χ0v) is 13.0. The van der Waals surface area contributed by atoms with Crippen LogP contribution in [0.5, 0.6) is 0 Å². The Bertz CT molecular complexity index is 628. The maximum Gasteiger partial charge on any atom is 0.169 e. The molecule has 0 aliphatic carbocycles. The van der Waals surface area contributed by atoms with Gasteiger partial charge in [-0.2, -0.15) is 10.4 Å². The Morgan fingerprint density at radius 3 is 2.75 bits per heavy atom. The van der Waals surface area contributed by atoms with Gasteiger partial charge in [-0.15, -0.1) is 16.4 Å². The first kappa shape index (κ1) is 14.5. The average Bonchev–Trinajstić information content (AvgIpc) is 2.93. The van der Waals surface area contributed by atoms with Gasteiger partial charge in [0, 0.05) is 24.4 Å². The topological polar surface area (TPSA) is 52.8 Å². The summed E-state index contributed by atoms with van der Waals surface area (Å²) in [7, 11) is 1.97. The Balaban J connectivity index is 2.27. The van der Waals surface area contributed by atoms with Crippen molar-refractivity contribution in [2.45, 2.75) is 33.2 Å². The lowest BCUT2D eigenvalue weighted by Gasteiger charge is -2.26. The SMILES string of the molecule is Cc1nnc(N(C)C(C)Cc2cccs2)c(C#N)c1C. The molecule has 0 saturated heterocycles. The minimum absolute atomic E-state index is 0.261. The predicted molar refractivity (Wildman–Crippen MR) is 82.1 cm³/mol. The predicted octanol–water partition coefficient (Wildman–Crippen LogP) is 3.09. The molecule has 2 aromatic heterocycles. The smallest absolute Gasteiger partial charge is 0.169 e. The standard InChI is InChI=1S/C15H18N4S/c1-10(8-13-6-5-7-20-13)19(4)15-14(9-16)11(2)12(3)17-18-15/h5-7,10H,8H2,1-4H3. The number of thiophene rings is 1. The number of aromatic nitrogens is 2. The molecule has 0 aliphatic rings. The molecule has 0 spiro atoms. The van der Waals surface area contributed by atoms with Crippen molar-refractivity contribution in [2.75, 3.05) is 11.9 Å². The van der Waals surface area contributed by atoms with Crippen molar-refractivity contribution < 1.29 is 0 Å². The second-order valence-electron chi connectivity index (χ2n) is 4.96. The lowest BCUT2D eigenvalue weighted by atomic mass is 10.1. The second-order valence-corrected chi connectivity index (χ2v) is 6.00. The average molecular weight is 286 g/mol. The highest BCUT2D eigenvalue weighted by molar-refractivity contribution is 7.09. The summed E-state index contributed by atoms with van der Waals surface area (Å²) in [4.78, 5) is 3.37. The van der Waals surface area contributed by atoms with Crippen LogP contribution in [0.2, 0.25) is 0 Å². The number of hydrogen-bond acceptors (Lipinski definition) is 5. The van der Waals surface area contributed by atoms with Gasteiger partial charge in [-0.25, -0.2) is 0 Å². The van der Waals surface area contributed by atoms with E-state index in [2.05, 4.69) is 40.7 Å². The summed E-state index contributed by atoms with van der Waals surface area (Å²) < 4.78 is 0. The summed E-state index contributed by atoms with van der Waals surface area (Å²) in [6, 6.07) is 6.71. The van der Waals surface area contributed by atoms with Crippen LogP contribution in [-0.4, -0.2) is 23.3 Å². The Morgan fingerprint density at radius 1 is 1.40 bits per heavy atom. The second kappa shape index (κ2) is 6.02. The summed E-state index contributed by atoms with van der Waals surface area (Å²) in [5, 5.41) is 19.8. The summed E-state index contributed by atoms with van der Waals surface area (Å²) in [5.41, 5.74) is 2.34. The third-order valence-electron chi connectivity index (χ3n) is 3.62. The number of rotatable bonds is 4. The Kier molecular flexibility index (Phi) is 4.35. The largest absolute Gasteiger partial charge is 0.354 e. The van der Waals surface area contributed by atoms with Crippen LogP contribution in [0.25, 0.3) is 0 Å². The van der Waals surface area contributed by atoms with Crippen LogP contribution in [0.3, 0.4) is 0 Å². The van der Waals surface area contributed by atoms with Gasteiger partial charge in [0.25, 0.3) is 0 Å². The molecule has 1 atom stereocenters. The third-order valence-corrected chi connectivity index (χ3v) is 4.52. The van der Waals surface area contributed by atoms with Crippen LogP contribution in [0, 0.1) is 25.2 Å². The van der Waals surface area contributed by atoms with E-state index in [-0.39, 0.29) is 6.04 Å². The van der Waals surface area contributed by atoms with Gasteiger partial charge in [0.15, 0.2) is 5.82 Å². The van der Waals surface area contributed by atoms with Gasteiger partial charge in [0.2, 0.25) is 0 Å². The van der Waals surface area contributed by atoms with E-state index in [1.54, 1.807) is 11.3 Å². The highest BCUT2D eigenvalue weighted by atomic mass is 32.1. The van der Waals surface area contributed by atoms with Gasteiger partial charge in [-0.1, -0.05) is 6.07 Å². The maximum absolute atomic E-state index is 9.37. The first-order chi connectivity index (χ1) is 9.54. The number of nitriles is 1. The van der Waals surface area contributed by atoms with E-state index >= 15 is 0 Å². The summed E-state index contributed by atoms with van der Waals surface area (Å²) >= 11 is 1.75. The van der Waals surface area contributed by atoms with Crippen molar-refractivity contribution in [1.29, 1.82) is 5.26 Å². The number of hydrogen-bond donors (Lipinski definition) is 0. The zero-order chi connectivity index (χ0) is 14.7. The van der Waals surface area contributed by atoms with E-state index in [9.17, 15) is 5.26 Å². The van der Waals surface area contributed by atoms with Crippen LogP contribution < -0.4 is 4.90 Å². The van der Waals surface area contributed by atoms with Crippen molar-refractivity contribution in [3.8, 4) is 6.07 Å². The molecule has 5 heteroatoms. The molecule has 0 aliphatic heterocycles. The molecular formula is C15H18N4S. The fourth-order valence-electron chi connectivity index (χ4n) is 2.04. The van der Waals surface area contributed by atoms with E-state index in [0.29, 0.717) is 11.4 Å². The van der Waals surface area contributed by atoms with Crippen molar-refractivity contribution in [3.63, 3.8) is 0 Å². The maximum atomic E-state index is 9.37. The number of aryl methyl sites for hydroxylation is 1. The Labute approximate surface area is 123 Å². The molecule has 0 aromatic carbocycles. The van der Waals surface area contributed by atoms with Gasteiger partial charge in [0.1, 0.15) is 11.6 Å². The minimum atomic E-state index is 0.261. The molecule has 0 bridgehead atoms. The van der Waals surface area contributed by atoms with E-state index < -0.39 is 0 Å². The highest BCUT2D eigenvalue weighted by Gasteiger charge is 2.19. The van der Waals surface area contributed by atoms with Crippen molar-refractivity contribution in [1.82, 2.24) is 10.2 Å². The van der Waals surface area contributed by atoms with Crippen LogP contribution in [-0.2, 0) is 6.42 Å². The number of nitrogens with zero attached hydrogens (tertiary/aromatic N) is 4. The lowest BCUT2D eigenvalue weighted by Crippen LogP contribution is -2.32. The minimum Gasteiger partial charge on any atom is -0.354 e. The molecule has 0 fully saturated rings. The molecule has 1 unspecified atom stereocenters. The van der Waals surface area contributed by atoms with E-state index in [4.69, 9.17) is 0 Å². The fourth-order valence-corrected chi connectivity index (χ4v) is 2.87. The molecular weight excluding hydrogens is 268 g/mol. The van der Waals surface area contributed by atoms with Crippen molar-refractivity contribution in [2.24, 2.45) is 0 Å². The quantitative estimate of drug-likeness (QED) is 0.866. The van der Waals surface area contributed by atoms with E-state index in [1.807, 2.05) is 25.8 Å². The van der Waals surface area contributed by atoms with Crippen molar-refractivity contribution in [3.05, 3.63) is 39.2 Å². The first-order valence-electron chi connectivity index (χ1n) is 6.53. The fraction of sp³-hybridized carbons (Fsp3) is 0.400. The van der Waals surface area contributed by atoms with Gasteiger partial charge in [-0.05, 0) is 37.8 Å². The van der Waals surface area contributed by atoms with Crippen LogP contribution in [0.4, 0.5) is 5.82 Å². The lowest BCUT2D eigenvalue weighted by molar-refractivity contribution is 0.672. The molecule has 104 valence electrons. The molecule has 0 saturated carbocycles. The van der Waals surface area contributed by atoms with Gasteiger partial charge in [0.05, 0.1) is 5.69 Å². The first-order valence-corrected chi connectivity index (χ1v) is 7.41. The van der Waals surface area contributed by atoms with Crippen LogP contribution >= 0.6 is 11.3 Å². The molecule has 4 nitrogen and oxygen atoms in total. The summed E-state index contributed by atoms with van der Waals surface area (Å²) in [6.07, 6.45) is 0.938.